The summed E-state index contributed by atoms with van der Waals surface area (Å²) in [7, 11) is 0. The summed E-state index contributed by atoms with van der Waals surface area (Å²) in [5.74, 6) is 0.238. The Bertz CT molecular complexity index is 945. The van der Waals surface area contributed by atoms with Gasteiger partial charge in [-0.15, -0.1) is 0 Å². The topological polar surface area (TPSA) is 56.1 Å². The van der Waals surface area contributed by atoms with E-state index in [1.54, 1.807) is 35.4 Å². The number of halogens is 1. The summed E-state index contributed by atoms with van der Waals surface area (Å²) in [6, 6.07) is 8.90. The molecule has 6 heteroatoms. The first-order chi connectivity index (χ1) is 13.4. The number of hydrogen-bond donors (Lipinski definition) is 1. The molecule has 5 nitrogen and oxygen atoms in total. The van der Waals surface area contributed by atoms with Crippen molar-refractivity contribution in [3.63, 3.8) is 0 Å². The van der Waals surface area contributed by atoms with E-state index in [4.69, 9.17) is 4.74 Å². The van der Waals surface area contributed by atoms with Crippen molar-refractivity contribution in [2.45, 2.75) is 33.9 Å². The summed E-state index contributed by atoms with van der Waals surface area (Å²) < 4.78 is 21.5. The molecule has 0 saturated heterocycles. The molecule has 3 aromatic rings. The predicted octanol–water partition coefficient (Wildman–Crippen LogP) is 3.69. The lowest BCUT2D eigenvalue weighted by molar-refractivity contribution is -0.123. The molecule has 3 rings (SSSR count). The smallest absolute Gasteiger partial charge is 0.258 e. The third-order valence-electron chi connectivity index (χ3n) is 4.46. The summed E-state index contributed by atoms with van der Waals surface area (Å²) in [4.78, 5) is 16.1. The maximum Gasteiger partial charge on any atom is 0.258 e. The van der Waals surface area contributed by atoms with Crippen LogP contribution in [-0.2, 0) is 17.9 Å². The molecule has 28 heavy (non-hydrogen) atoms. The first kappa shape index (κ1) is 19.6. The monoisotopic (exact) mass is 381 g/mol. The lowest BCUT2D eigenvalue weighted by Crippen LogP contribution is -2.28. The minimum atomic E-state index is -0.280. The number of imidazole rings is 1. The van der Waals surface area contributed by atoms with Crippen molar-refractivity contribution in [3.05, 3.63) is 82.7 Å². The van der Waals surface area contributed by atoms with Gasteiger partial charge in [0, 0.05) is 24.5 Å². The van der Waals surface area contributed by atoms with E-state index < -0.39 is 0 Å². The van der Waals surface area contributed by atoms with Gasteiger partial charge in [0.15, 0.2) is 6.61 Å². The molecule has 0 fully saturated rings. The molecule has 0 atom stereocenters. The number of rotatable bonds is 7. The minimum Gasteiger partial charge on any atom is -0.483 e. The second kappa shape index (κ2) is 8.69. The van der Waals surface area contributed by atoms with Crippen LogP contribution in [0.3, 0.4) is 0 Å². The van der Waals surface area contributed by atoms with Gasteiger partial charge in [-0.25, -0.2) is 9.37 Å². The van der Waals surface area contributed by atoms with Crippen molar-refractivity contribution in [1.82, 2.24) is 14.9 Å². The molecular weight excluding hydrogens is 357 g/mol. The number of nitrogens with zero attached hydrogens (tertiary/aromatic N) is 2. The van der Waals surface area contributed by atoms with Crippen LogP contribution in [0.1, 0.15) is 27.8 Å². The summed E-state index contributed by atoms with van der Waals surface area (Å²) in [5.41, 5.74) is 4.55. The summed E-state index contributed by atoms with van der Waals surface area (Å²) >= 11 is 0. The highest BCUT2D eigenvalue weighted by atomic mass is 19.1. The second-order valence-corrected chi connectivity index (χ2v) is 6.95. The maximum absolute atomic E-state index is 14.0. The van der Waals surface area contributed by atoms with Gasteiger partial charge in [0.1, 0.15) is 11.6 Å². The zero-order valence-corrected chi connectivity index (χ0v) is 16.3. The van der Waals surface area contributed by atoms with Crippen LogP contribution >= 0.6 is 0 Å². The fourth-order valence-corrected chi connectivity index (χ4v) is 3.22. The Morgan fingerprint density at radius 2 is 1.93 bits per heavy atom. The molecule has 1 N–H and O–H groups in total. The lowest BCUT2D eigenvalue weighted by Gasteiger charge is -2.13. The van der Waals surface area contributed by atoms with Crippen LogP contribution < -0.4 is 10.1 Å². The third-order valence-corrected chi connectivity index (χ3v) is 4.46. The van der Waals surface area contributed by atoms with Crippen LogP contribution in [0.15, 0.2) is 49.1 Å². The first-order valence-corrected chi connectivity index (χ1v) is 9.13. The lowest BCUT2D eigenvalue weighted by atomic mass is 10.1. The van der Waals surface area contributed by atoms with E-state index in [-0.39, 0.29) is 18.3 Å². The van der Waals surface area contributed by atoms with Crippen LogP contribution in [0.5, 0.6) is 5.75 Å². The van der Waals surface area contributed by atoms with E-state index in [1.165, 1.54) is 6.07 Å². The molecule has 0 aliphatic rings. The Kier molecular flexibility index (Phi) is 6.09. The number of benzene rings is 2. The molecule has 0 aliphatic heterocycles. The van der Waals surface area contributed by atoms with Crippen molar-refractivity contribution < 1.29 is 13.9 Å². The van der Waals surface area contributed by atoms with Gasteiger partial charge in [-0.3, -0.25) is 4.79 Å². The SMILES string of the molecule is Cc1cc(C)c(OCC(=O)NCc2ccc(F)c(Cn3ccnc3)c2)c(C)c1. The quantitative estimate of drug-likeness (QED) is 0.679. The number of aryl methyl sites for hydroxylation is 3. The van der Waals surface area contributed by atoms with E-state index >= 15 is 0 Å². The molecule has 0 aliphatic carbocycles. The zero-order chi connectivity index (χ0) is 20.1. The van der Waals surface area contributed by atoms with Crippen molar-refractivity contribution in [2.24, 2.45) is 0 Å². The average molecular weight is 381 g/mol. The van der Waals surface area contributed by atoms with E-state index in [0.29, 0.717) is 18.7 Å². The number of nitrogens with one attached hydrogen (secondary N) is 1. The predicted molar refractivity (Wildman–Crippen MR) is 106 cm³/mol. The molecule has 0 saturated carbocycles. The van der Waals surface area contributed by atoms with E-state index in [1.807, 2.05) is 32.9 Å². The molecule has 0 unspecified atom stereocenters. The molecule has 0 spiro atoms. The van der Waals surface area contributed by atoms with Crippen LogP contribution in [-0.4, -0.2) is 22.1 Å². The second-order valence-electron chi connectivity index (χ2n) is 6.95. The van der Waals surface area contributed by atoms with Crippen molar-refractivity contribution in [3.8, 4) is 5.75 Å². The van der Waals surface area contributed by atoms with Crippen molar-refractivity contribution >= 4 is 5.91 Å². The van der Waals surface area contributed by atoms with Gasteiger partial charge < -0.3 is 14.6 Å². The summed E-state index contributed by atoms with van der Waals surface area (Å²) in [6.45, 7) is 6.60. The molecule has 0 bridgehead atoms. The summed E-state index contributed by atoms with van der Waals surface area (Å²) in [5, 5.41) is 2.82. The Balaban J connectivity index is 1.56. The van der Waals surface area contributed by atoms with Gasteiger partial charge in [-0.1, -0.05) is 23.8 Å². The number of amides is 1. The molecule has 1 amide bonds. The Hall–Kier alpha value is -3.15. The Morgan fingerprint density at radius 1 is 1.18 bits per heavy atom. The molecule has 146 valence electrons. The number of carbonyl (C=O) groups excluding carboxylic acids is 1. The molecule has 1 aromatic heterocycles. The summed E-state index contributed by atoms with van der Waals surface area (Å²) in [6.07, 6.45) is 5.07. The van der Waals surface area contributed by atoms with Gasteiger partial charge in [0.05, 0.1) is 12.9 Å². The maximum atomic E-state index is 14.0. The van der Waals surface area contributed by atoms with Crippen LogP contribution in [0.2, 0.25) is 0 Å². The number of hydrogen-bond acceptors (Lipinski definition) is 3. The highest BCUT2D eigenvalue weighted by Crippen LogP contribution is 2.24. The van der Waals surface area contributed by atoms with Gasteiger partial charge >= 0.3 is 0 Å². The van der Waals surface area contributed by atoms with E-state index in [0.717, 1.165) is 28.0 Å². The van der Waals surface area contributed by atoms with Gasteiger partial charge in [0.2, 0.25) is 0 Å². The van der Waals surface area contributed by atoms with Crippen LogP contribution in [0, 0.1) is 26.6 Å². The molecule has 2 aromatic carbocycles. The Labute approximate surface area is 164 Å². The standard InChI is InChI=1S/C22H24FN3O2/c1-15-8-16(2)22(17(3)9-15)28-13-21(27)25-11-18-4-5-20(23)19(10-18)12-26-7-6-24-14-26/h4-10,14H,11-13H2,1-3H3,(H,25,27). The number of ether oxygens (including phenoxy) is 1. The third kappa shape index (κ3) is 4.97. The molecular formula is C22H24FN3O2. The Morgan fingerprint density at radius 3 is 2.61 bits per heavy atom. The van der Waals surface area contributed by atoms with E-state index in [9.17, 15) is 9.18 Å². The fraction of sp³-hybridized carbons (Fsp3) is 0.273. The number of aromatic nitrogens is 2. The van der Waals surface area contributed by atoms with Crippen molar-refractivity contribution in [1.29, 1.82) is 0 Å². The largest absolute Gasteiger partial charge is 0.483 e. The normalized spacial score (nSPS) is 10.7. The zero-order valence-electron chi connectivity index (χ0n) is 16.3. The highest BCUT2D eigenvalue weighted by Gasteiger charge is 2.09. The molecule has 0 radical (unpaired) electrons. The van der Waals surface area contributed by atoms with Gasteiger partial charge in [-0.2, -0.15) is 0 Å². The minimum absolute atomic E-state index is 0.0617. The molecule has 1 heterocycles. The highest BCUT2D eigenvalue weighted by molar-refractivity contribution is 5.77. The van der Waals surface area contributed by atoms with Gasteiger partial charge in [0.25, 0.3) is 5.91 Å². The first-order valence-electron chi connectivity index (χ1n) is 9.13. The van der Waals surface area contributed by atoms with Crippen molar-refractivity contribution in [2.75, 3.05) is 6.61 Å². The van der Waals surface area contributed by atoms with Gasteiger partial charge in [-0.05, 0) is 49.6 Å². The van der Waals surface area contributed by atoms with E-state index in [2.05, 4.69) is 10.3 Å². The van der Waals surface area contributed by atoms with Crippen LogP contribution in [0.4, 0.5) is 4.39 Å². The average Bonchev–Trinajstić information content (AvgIpc) is 3.14. The fourth-order valence-electron chi connectivity index (χ4n) is 3.22. The van der Waals surface area contributed by atoms with Crippen LogP contribution in [0.25, 0.3) is 0 Å². The number of carbonyl (C=O) groups is 1.